The van der Waals surface area contributed by atoms with Crippen LogP contribution in [0, 0.1) is 0 Å². The molecule has 1 amide bonds. The number of sulfonamides is 1. The van der Waals surface area contributed by atoms with Crippen molar-refractivity contribution in [3.8, 4) is 0 Å². The number of halogens is 7. The maximum absolute atomic E-state index is 13.3. The molecule has 1 aliphatic rings. The topological polar surface area (TPSA) is 66.5 Å². The van der Waals surface area contributed by atoms with Crippen molar-refractivity contribution in [1.82, 2.24) is 4.31 Å². The fraction of sp³-hybridized carbons (Fsp3) is 0.409. The lowest BCUT2D eigenvalue weighted by atomic mass is 9.95. The molecule has 35 heavy (non-hydrogen) atoms. The summed E-state index contributed by atoms with van der Waals surface area (Å²) < 4.78 is 107. The molecule has 1 aliphatic carbocycles. The molecule has 1 fully saturated rings. The third-order valence-corrected chi connectivity index (χ3v) is 8.01. The summed E-state index contributed by atoms with van der Waals surface area (Å²) in [5, 5.41) is 2.02. The van der Waals surface area contributed by atoms with Gasteiger partial charge in [-0.2, -0.15) is 30.6 Å². The predicted molar refractivity (Wildman–Crippen MR) is 120 cm³/mol. The molecule has 0 atom stereocenters. The van der Waals surface area contributed by atoms with Crippen molar-refractivity contribution in [1.29, 1.82) is 0 Å². The highest BCUT2D eigenvalue weighted by molar-refractivity contribution is 9.10. The Hall–Kier alpha value is -2.12. The van der Waals surface area contributed by atoms with Crippen molar-refractivity contribution in [2.45, 2.75) is 55.4 Å². The summed E-state index contributed by atoms with van der Waals surface area (Å²) in [6, 6.07) is 5.87. The fourth-order valence-electron chi connectivity index (χ4n) is 3.89. The number of nitrogens with zero attached hydrogens (tertiary/aromatic N) is 1. The highest BCUT2D eigenvalue weighted by atomic mass is 79.9. The molecule has 1 N–H and O–H groups in total. The number of anilines is 1. The summed E-state index contributed by atoms with van der Waals surface area (Å²) >= 11 is 3.21. The maximum Gasteiger partial charge on any atom is 0.416 e. The van der Waals surface area contributed by atoms with Gasteiger partial charge < -0.3 is 5.32 Å². The summed E-state index contributed by atoms with van der Waals surface area (Å²) in [5.41, 5.74) is -3.91. The molecule has 5 nitrogen and oxygen atoms in total. The van der Waals surface area contributed by atoms with Crippen LogP contribution in [-0.4, -0.2) is 31.2 Å². The number of amides is 1. The zero-order valence-corrected chi connectivity index (χ0v) is 20.5. The molecule has 0 heterocycles. The van der Waals surface area contributed by atoms with Gasteiger partial charge in [-0.3, -0.25) is 4.79 Å². The number of carbonyl (C=O) groups excluding carboxylic acids is 1. The first-order chi connectivity index (χ1) is 16.2. The molecule has 0 bridgehead atoms. The van der Waals surface area contributed by atoms with Crippen LogP contribution < -0.4 is 5.32 Å². The SMILES string of the molecule is O=C(CN(C1CCCCC1)S(=O)(=O)c1ccc(Br)cc1)Nc1cc(C(F)(F)F)cc(C(F)(F)F)c1. The summed E-state index contributed by atoms with van der Waals surface area (Å²) in [5.74, 6) is -1.05. The third kappa shape index (κ3) is 6.98. The number of benzene rings is 2. The smallest absolute Gasteiger partial charge is 0.325 e. The van der Waals surface area contributed by atoms with Crippen LogP contribution in [0.2, 0.25) is 0 Å². The van der Waals surface area contributed by atoms with E-state index in [0.717, 1.165) is 23.6 Å². The highest BCUT2D eigenvalue weighted by Crippen LogP contribution is 2.37. The van der Waals surface area contributed by atoms with Gasteiger partial charge in [0.15, 0.2) is 0 Å². The van der Waals surface area contributed by atoms with Crippen LogP contribution in [0.4, 0.5) is 32.0 Å². The number of carbonyl (C=O) groups is 1. The molecule has 0 saturated heterocycles. The second kappa shape index (κ2) is 10.5. The first-order valence-corrected chi connectivity index (χ1v) is 12.8. The number of rotatable bonds is 6. The van der Waals surface area contributed by atoms with E-state index in [1.165, 1.54) is 24.3 Å². The number of hydrogen-bond donors (Lipinski definition) is 1. The van der Waals surface area contributed by atoms with Gasteiger partial charge in [0.25, 0.3) is 0 Å². The average molecular weight is 587 g/mol. The lowest BCUT2D eigenvalue weighted by molar-refractivity contribution is -0.143. The van der Waals surface area contributed by atoms with Crippen LogP contribution in [0.3, 0.4) is 0 Å². The van der Waals surface area contributed by atoms with Gasteiger partial charge in [0.2, 0.25) is 15.9 Å². The van der Waals surface area contributed by atoms with Gasteiger partial charge in [-0.25, -0.2) is 8.42 Å². The third-order valence-electron chi connectivity index (χ3n) is 5.57. The predicted octanol–water partition coefficient (Wildman–Crippen LogP) is 6.45. The molecule has 1 saturated carbocycles. The van der Waals surface area contributed by atoms with Gasteiger partial charge in [0.05, 0.1) is 22.6 Å². The van der Waals surface area contributed by atoms with Gasteiger partial charge in [-0.1, -0.05) is 35.2 Å². The van der Waals surface area contributed by atoms with Crippen molar-refractivity contribution in [2.75, 3.05) is 11.9 Å². The largest absolute Gasteiger partial charge is 0.416 e. The van der Waals surface area contributed by atoms with Gasteiger partial charge in [-0.15, -0.1) is 0 Å². The van der Waals surface area contributed by atoms with Gasteiger partial charge in [-0.05, 0) is 55.3 Å². The van der Waals surface area contributed by atoms with Gasteiger partial charge >= 0.3 is 12.4 Å². The van der Waals surface area contributed by atoms with Crippen molar-refractivity contribution < 1.29 is 39.6 Å². The Labute approximate surface area is 206 Å². The fourth-order valence-corrected chi connectivity index (χ4v) is 5.80. The molecular weight excluding hydrogens is 566 g/mol. The van der Waals surface area contributed by atoms with E-state index in [4.69, 9.17) is 0 Å². The Morgan fingerprint density at radius 2 is 1.43 bits per heavy atom. The highest BCUT2D eigenvalue weighted by Gasteiger charge is 2.38. The molecule has 0 unspecified atom stereocenters. The van der Waals surface area contributed by atoms with E-state index in [9.17, 15) is 39.6 Å². The molecule has 0 aromatic heterocycles. The molecule has 192 valence electrons. The Kier molecular flexibility index (Phi) is 8.22. The molecule has 0 spiro atoms. The molecule has 2 aromatic carbocycles. The summed E-state index contributed by atoms with van der Waals surface area (Å²) in [6.45, 7) is -0.763. The lowest BCUT2D eigenvalue weighted by Gasteiger charge is -2.33. The number of alkyl halides is 6. The van der Waals surface area contributed by atoms with Crippen LogP contribution in [0.1, 0.15) is 43.2 Å². The molecule has 13 heteroatoms. The number of hydrogen-bond acceptors (Lipinski definition) is 3. The molecular formula is C22H21BrF6N2O3S. The standard InChI is InChI=1S/C22H21BrF6N2O3S/c23-16-6-8-19(9-7-16)35(33,34)31(18-4-2-1-3-5-18)13-20(32)30-17-11-14(21(24,25)26)10-15(12-17)22(27,28)29/h6-12,18H,1-5,13H2,(H,30,32). The van der Waals surface area contributed by atoms with E-state index in [1.807, 2.05) is 5.32 Å². The summed E-state index contributed by atoms with van der Waals surface area (Å²) in [7, 11) is -4.18. The molecule has 0 aliphatic heterocycles. The maximum atomic E-state index is 13.3. The minimum absolute atomic E-state index is 0.0536. The first-order valence-electron chi connectivity index (χ1n) is 10.5. The van der Waals surface area contributed by atoms with E-state index in [-0.39, 0.29) is 11.0 Å². The Morgan fingerprint density at radius 1 is 0.914 bits per heavy atom. The van der Waals surface area contributed by atoms with Crippen molar-refractivity contribution >= 4 is 37.5 Å². The first kappa shape index (κ1) is 27.5. The van der Waals surface area contributed by atoms with Crippen LogP contribution in [0.15, 0.2) is 51.8 Å². The van der Waals surface area contributed by atoms with E-state index < -0.39 is 57.7 Å². The molecule has 0 radical (unpaired) electrons. The van der Waals surface area contributed by atoms with Crippen LogP contribution in [0.5, 0.6) is 0 Å². The average Bonchev–Trinajstić information content (AvgIpc) is 2.77. The van der Waals surface area contributed by atoms with Crippen LogP contribution in [-0.2, 0) is 27.2 Å². The monoisotopic (exact) mass is 586 g/mol. The lowest BCUT2D eigenvalue weighted by Crippen LogP contribution is -2.45. The minimum atomic E-state index is -5.08. The zero-order valence-electron chi connectivity index (χ0n) is 18.1. The van der Waals surface area contributed by atoms with E-state index >= 15 is 0 Å². The van der Waals surface area contributed by atoms with Crippen LogP contribution >= 0.6 is 15.9 Å². The van der Waals surface area contributed by atoms with Gasteiger partial charge in [0.1, 0.15) is 0 Å². The summed E-state index contributed by atoms with van der Waals surface area (Å²) in [4.78, 5) is 12.6. The summed E-state index contributed by atoms with van der Waals surface area (Å²) in [6.07, 6.45) is -6.88. The minimum Gasteiger partial charge on any atom is -0.325 e. The van der Waals surface area contributed by atoms with Crippen molar-refractivity contribution in [3.05, 3.63) is 58.1 Å². The quantitative estimate of drug-likeness (QED) is 0.396. The number of nitrogens with one attached hydrogen (secondary N) is 1. The molecule has 2 aromatic rings. The van der Waals surface area contributed by atoms with Crippen molar-refractivity contribution in [2.24, 2.45) is 0 Å². The Bertz CT molecular complexity index is 1130. The van der Waals surface area contributed by atoms with Crippen molar-refractivity contribution in [3.63, 3.8) is 0 Å². The molecule has 3 rings (SSSR count). The van der Waals surface area contributed by atoms with E-state index in [0.29, 0.717) is 29.4 Å². The Morgan fingerprint density at radius 3 is 1.91 bits per heavy atom. The second-order valence-corrected chi connectivity index (χ2v) is 10.9. The normalized spacial score (nSPS) is 15.9. The van der Waals surface area contributed by atoms with E-state index in [2.05, 4.69) is 15.9 Å². The zero-order chi connectivity index (χ0) is 26.0. The van der Waals surface area contributed by atoms with Gasteiger partial charge in [0, 0.05) is 16.2 Å². The van der Waals surface area contributed by atoms with E-state index in [1.54, 1.807) is 0 Å². The second-order valence-electron chi connectivity index (χ2n) is 8.14. The van der Waals surface area contributed by atoms with Crippen LogP contribution in [0.25, 0.3) is 0 Å². The Balaban J connectivity index is 1.91.